The molecule has 0 unspecified atom stereocenters. The summed E-state index contributed by atoms with van der Waals surface area (Å²) in [6.07, 6.45) is 12.0. The summed E-state index contributed by atoms with van der Waals surface area (Å²) in [5.74, 6) is -9.47. The van der Waals surface area contributed by atoms with Crippen LogP contribution >= 0.6 is 11.3 Å². The third kappa shape index (κ3) is 10.8. The van der Waals surface area contributed by atoms with E-state index in [0.717, 1.165) is 105 Å². The summed E-state index contributed by atoms with van der Waals surface area (Å²) in [6, 6.07) is 21.0. The first kappa shape index (κ1) is 59.8. The molecule has 6 heterocycles. The van der Waals surface area contributed by atoms with Crippen LogP contribution in [0.25, 0.3) is 31.7 Å². The second kappa shape index (κ2) is 23.2. The first-order valence-corrected chi connectivity index (χ1v) is 31.4. The van der Waals surface area contributed by atoms with Gasteiger partial charge in [0.15, 0.2) is 15.6 Å². The number of carbonyl (C=O) groups excluding carboxylic acids is 4. The Hall–Kier alpha value is -7.37. The number of anilines is 1. The number of aromatic nitrogens is 2. The fraction of sp³-hybridized carbons (Fsp3) is 0.383. The fourth-order valence-corrected chi connectivity index (χ4v) is 16.6. The number of nitrogens with zero attached hydrogens (tertiary/aromatic N) is 4. The van der Waals surface area contributed by atoms with E-state index >= 15 is 0 Å². The first-order chi connectivity index (χ1) is 39.7. The number of fused-ring (bicyclic) bond motifs is 4. The maximum atomic E-state index is 13.1. The van der Waals surface area contributed by atoms with E-state index in [9.17, 15) is 46.2 Å². The van der Waals surface area contributed by atoms with E-state index in [-0.39, 0.29) is 68.4 Å². The van der Waals surface area contributed by atoms with Crippen molar-refractivity contribution in [2.24, 2.45) is 4.99 Å². The number of hydrogen-bond acceptors (Lipinski definition) is 21. The largest absolute Gasteiger partial charge is 2.00 e. The number of sulfone groups is 2. The topological polar surface area (TPSA) is 277 Å². The number of allylic oxidation sites excluding steroid dienone is 4. The van der Waals surface area contributed by atoms with Crippen molar-refractivity contribution in [3.05, 3.63) is 147 Å². The van der Waals surface area contributed by atoms with Gasteiger partial charge in [0.05, 0.1) is 43.2 Å². The molecule has 0 amide bonds. The molecule has 1 radical (unpaired) electrons. The molecule has 4 spiro atoms. The maximum Gasteiger partial charge on any atom is 2.00 e. The molecule has 2 aromatic carbocycles. The van der Waals surface area contributed by atoms with Gasteiger partial charge in [-0.2, -0.15) is 0 Å². The number of pyridine rings is 1. The summed E-state index contributed by atoms with van der Waals surface area (Å²) in [5, 5.41) is 25.5. The molecule has 0 atom stereocenters. The van der Waals surface area contributed by atoms with Gasteiger partial charge in [0.2, 0.25) is 29.5 Å². The molecule has 5 aliphatic heterocycles. The van der Waals surface area contributed by atoms with Crippen LogP contribution in [0.1, 0.15) is 109 Å². The number of rotatable bonds is 8. The van der Waals surface area contributed by atoms with Gasteiger partial charge in [-0.3, -0.25) is 4.98 Å². The van der Waals surface area contributed by atoms with Gasteiger partial charge >= 0.3 is 40.9 Å². The van der Waals surface area contributed by atoms with E-state index < -0.39 is 97.8 Å². The summed E-state index contributed by atoms with van der Waals surface area (Å²) in [7, 11) is -8.22. The second-order valence-corrected chi connectivity index (χ2v) is 26.8. The van der Waals surface area contributed by atoms with Crippen LogP contribution in [0.15, 0.2) is 141 Å². The Balaban J connectivity index is 0.000000209. The molecule has 5 fully saturated rings. The number of benzene rings is 3. The molecule has 1 aromatic heterocycles. The van der Waals surface area contributed by atoms with Crippen molar-refractivity contribution in [2.45, 2.75) is 132 Å². The molecule has 20 nitrogen and oxygen atoms in total. The van der Waals surface area contributed by atoms with Crippen LogP contribution < -0.4 is 15.4 Å². The Bertz CT molecular complexity index is 3840. The number of carbonyl (C=O) groups is 4. The predicted octanol–water partition coefficient (Wildman–Crippen LogP) is 8.92. The zero-order valence-electron chi connectivity index (χ0n) is 46.0. The van der Waals surface area contributed by atoms with Gasteiger partial charge in [0.25, 0.3) is 11.7 Å². The Kier molecular flexibility index (Phi) is 16.5. The van der Waals surface area contributed by atoms with Crippen molar-refractivity contribution in [2.75, 3.05) is 18.0 Å². The monoisotopic (exact) mass is 1250 g/mol. The number of hydrogen-bond donors (Lipinski definition) is 1. The van der Waals surface area contributed by atoms with Gasteiger partial charge in [0.1, 0.15) is 11.3 Å². The minimum absolute atomic E-state index is 0. The molecular formula is C60H59CuN4O16S3+. The SMILES string of the molecule is CCN(CC)c1ccc(N=c2cc3sc4ccccc4nc-3c3ncccc23)c(C)c1.O=C1OC2(CCCCC2)S(=O)(=O)C1=CC=CC1=C([O-])OC2(CCC3(CC2)OC(=O)C(C=CC=C2C(=O)OC4(CCCCC4)S2(=O)=O)=C(O)O3)OC1=O.[Cu+2]. The average molecular weight is 1250 g/mol. The first-order valence-electron chi connectivity index (χ1n) is 27.6. The standard InChI is InChI=1S/C34H36O16S2.C26H24N4S.Cu/c35-25-21(9-7-11-23-29(39)49-33(51(23,41)42)13-3-1-4-14-33)26(36)46-31(45-25)17-19-32(20-18-31)47-27(37)22(28(38)48-32)10-8-12-24-30(40)50-34(52(24,43)44)15-5-2-6-16-34;1-4-30(5-2)18-12-13-20(17(3)15-18)28-22-16-24-26(25-19(22)9-8-14-27-25)29-21-10-6-7-11-23(21)31-24;/h7-12,35,37H,1-6,13-20H2;6-16H,4-5H2,1-3H3;/q;;+2/p-1. The molecule has 0 bridgehead atoms. The van der Waals surface area contributed by atoms with Crippen LogP contribution in [0.4, 0.5) is 11.4 Å². The molecule has 3 saturated carbocycles. The third-order valence-corrected chi connectivity index (χ3v) is 22.0. The third-order valence-electron chi connectivity index (χ3n) is 16.2. The van der Waals surface area contributed by atoms with Gasteiger partial charge in [-0.15, -0.1) is 11.3 Å². The molecule has 1 N–H and O–H groups in total. The van der Waals surface area contributed by atoms with Crippen molar-refractivity contribution in [3.63, 3.8) is 0 Å². The molecule has 443 valence electrons. The fourth-order valence-electron chi connectivity index (χ4n) is 11.7. The van der Waals surface area contributed by atoms with Gasteiger partial charge in [-0.05, 0) is 125 Å². The Morgan fingerprint density at radius 1 is 0.679 bits per heavy atom. The number of aliphatic hydroxyl groups excluding tert-OH is 1. The van der Waals surface area contributed by atoms with Crippen LogP contribution in [-0.2, 0) is 84.3 Å². The van der Waals surface area contributed by atoms with Gasteiger partial charge in [-0.25, -0.2) is 46.0 Å². The summed E-state index contributed by atoms with van der Waals surface area (Å²) in [5.41, 5.74) is 5.22. The zero-order valence-corrected chi connectivity index (χ0v) is 49.4. The normalized spacial score (nSPS) is 25.3. The minimum Gasteiger partial charge on any atom is -0.574 e. The second-order valence-electron chi connectivity index (χ2n) is 21.3. The number of aliphatic hydroxyl groups is 1. The smallest absolute Gasteiger partial charge is 0.574 e. The molecule has 24 heteroatoms. The molecule has 9 aliphatic rings. The van der Waals surface area contributed by atoms with Crippen molar-refractivity contribution < 1.29 is 91.7 Å². The van der Waals surface area contributed by atoms with Crippen LogP contribution in [0.5, 0.6) is 0 Å². The zero-order chi connectivity index (χ0) is 58.5. The van der Waals surface area contributed by atoms with Gasteiger partial charge < -0.3 is 43.5 Å². The van der Waals surface area contributed by atoms with E-state index in [2.05, 4.69) is 79.2 Å². The van der Waals surface area contributed by atoms with Crippen LogP contribution in [-0.4, -0.2) is 90.3 Å². The van der Waals surface area contributed by atoms with E-state index in [4.69, 9.17) is 38.4 Å². The van der Waals surface area contributed by atoms with Crippen molar-refractivity contribution in [1.29, 1.82) is 0 Å². The number of esters is 4. The van der Waals surface area contributed by atoms with Crippen LogP contribution in [0.3, 0.4) is 0 Å². The molecule has 12 rings (SSSR count). The van der Waals surface area contributed by atoms with Crippen LogP contribution in [0.2, 0.25) is 0 Å². The summed E-state index contributed by atoms with van der Waals surface area (Å²) in [6.45, 7) is 8.49. The van der Waals surface area contributed by atoms with Crippen molar-refractivity contribution >= 4 is 87.4 Å². The Morgan fingerprint density at radius 2 is 1.24 bits per heavy atom. The summed E-state index contributed by atoms with van der Waals surface area (Å²) in [4.78, 5) is 64.5. The van der Waals surface area contributed by atoms with E-state index in [1.54, 1.807) is 11.3 Å². The van der Waals surface area contributed by atoms with E-state index in [1.165, 1.54) is 11.3 Å². The average Bonchev–Trinajstić information content (AvgIpc) is 2.42. The van der Waals surface area contributed by atoms with E-state index in [1.807, 2.05) is 18.3 Å². The summed E-state index contributed by atoms with van der Waals surface area (Å²) >= 11 is 1.74. The van der Waals surface area contributed by atoms with Crippen LogP contribution in [0, 0.1) is 6.92 Å². The Morgan fingerprint density at radius 3 is 1.80 bits per heavy atom. The van der Waals surface area contributed by atoms with Crippen molar-refractivity contribution in [1.82, 2.24) is 9.97 Å². The maximum absolute atomic E-state index is 13.1. The molecular weight excluding hydrogens is 1190 g/mol. The molecule has 3 aromatic rings. The molecule has 4 aliphatic carbocycles. The van der Waals surface area contributed by atoms with Gasteiger partial charge in [0, 0.05) is 81.7 Å². The van der Waals surface area contributed by atoms with Gasteiger partial charge in [-0.1, -0.05) is 37.1 Å². The summed E-state index contributed by atoms with van der Waals surface area (Å²) < 4.78 is 86.3. The number of aryl methyl sites for hydroxylation is 1. The minimum atomic E-state index is -4.11. The molecule has 84 heavy (non-hydrogen) atoms. The van der Waals surface area contributed by atoms with Crippen molar-refractivity contribution in [3.8, 4) is 10.6 Å². The Labute approximate surface area is 498 Å². The number of para-hydroxylation sites is 1. The predicted molar refractivity (Wildman–Crippen MR) is 303 cm³/mol. The number of ether oxygens (including phenoxy) is 6. The molecule has 2 saturated heterocycles. The van der Waals surface area contributed by atoms with E-state index in [0.29, 0.717) is 25.7 Å². The quantitative estimate of drug-likeness (QED) is 0.0379.